The molecule has 1 unspecified atom stereocenters. The van der Waals surface area contributed by atoms with E-state index < -0.39 is 5.60 Å². The first kappa shape index (κ1) is 21.8. The van der Waals surface area contributed by atoms with Crippen LogP contribution >= 0.6 is 0 Å². The van der Waals surface area contributed by atoms with Crippen LogP contribution < -0.4 is 4.74 Å². The summed E-state index contributed by atoms with van der Waals surface area (Å²) in [5.74, 6) is 1.57. The van der Waals surface area contributed by atoms with Crippen molar-refractivity contribution in [1.82, 2.24) is 5.16 Å². The molecule has 0 spiro atoms. The second kappa shape index (κ2) is 8.02. The van der Waals surface area contributed by atoms with Crippen LogP contribution in [0.1, 0.15) is 35.4 Å². The fraction of sp³-hybridized carbons (Fsp3) is 0.300. The van der Waals surface area contributed by atoms with Crippen molar-refractivity contribution >= 4 is 0 Å². The van der Waals surface area contributed by atoms with Crippen LogP contribution in [0.3, 0.4) is 0 Å². The maximum Gasteiger partial charge on any atom is 0.191 e. The second-order valence-corrected chi connectivity index (χ2v) is 10.6. The van der Waals surface area contributed by atoms with Crippen molar-refractivity contribution in [3.63, 3.8) is 0 Å². The molecular weight excluding hydrogens is 455 g/mol. The molecule has 8 rings (SSSR count). The Morgan fingerprint density at radius 3 is 2.33 bits per heavy atom. The lowest BCUT2D eigenvalue weighted by Crippen LogP contribution is -2.64. The quantitative estimate of drug-likeness (QED) is 0.393. The molecule has 6 heteroatoms. The van der Waals surface area contributed by atoms with E-state index in [1.54, 1.807) is 6.07 Å². The molecule has 3 aromatic carbocycles. The lowest BCUT2D eigenvalue weighted by Gasteiger charge is -2.51. The number of ether oxygens (including phenoxy) is 1. The fourth-order valence-corrected chi connectivity index (χ4v) is 6.67. The first-order valence-corrected chi connectivity index (χ1v) is 12.7. The average Bonchev–Trinajstić information content (AvgIpc) is 3.47. The van der Waals surface area contributed by atoms with Crippen LogP contribution in [0.4, 0.5) is 4.39 Å². The van der Waals surface area contributed by atoms with Gasteiger partial charge in [-0.2, -0.15) is 0 Å². The summed E-state index contributed by atoms with van der Waals surface area (Å²) in [4.78, 5) is 0. The Labute approximate surface area is 209 Å². The average molecular weight is 484 g/mol. The molecule has 4 aromatic rings. The highest BCUT2D eigenvalue weighted by Crippen LogP contribution is 2.50. The van der Waals surface area contributed by atoms with Gasteiger partial charge in [0.05, 0.1) is 13.1 Å². The monoisotopic (exact) mass is 483 g/mol. The zero-order valence-electron chi connectivity index (χ0n) is 19.9. The molecule has 2 bridgehead atoms. The SMILES string of the molecule is OC1(c2cc(C[N+]34CCC(CC3)C(Oc3cccc(F)c3)C4)on2)c2ccccc2-c2ccccc21. The standard InChI is InChI=1S/C30H28FN2O3/c31-21-6-5-7-22(16-21)35-28-19-33(14-12-20(28)13-15-33)18-23-17-29(32-36-23)30(34)26-10-3-1-8-24(26)25-9-2-4-11-27(25)30/h1-11,16-17,20,28,34H,12-15,18-19H2/q+1. The maximum absolute atomic E-state index is 13.7. The van der Waals surface area contributed by atoms with Crippen molar-refractivity contribution in [3.05, 3.63) is 107 Å². The van der Waals surface area contributed by atoms with Crippen molar-refractivity contribution in [1.29, 1.82) is 0 Å². The molecule has 1 N–H and O–H groups in total. The van der Waals surface area contributed by atoms with Crippen molar-refractivity contribution in [2.45, 2.75) is 31.1 Å². The summed E-state index contributed by atoms with van der Waals surface area (Å²) in [5.41, 5.74) is 2.90. The Balaban J connectivity index is 1.17. The third-order valence-corrected chi connectivity index (χ3v) is 8.47. The number of hydrogen-bond donors (Lipinski definition) is 1. The zero-order valence-corrected chi connectivity index (χ0v) is 19.9. The molecular formula is C30H28FN2O3+. The summed E-state index contributed by atoms with van der Waals surface area (Å²) < 4.78 is 26.7. The lowest BCUT2D eigenvalue weighted by molar-refractivity contribution is -0.959. The van der Waals surface area contributed by atoms with Crippen LogP contribution in [0.15, 0.2) is 83.4 Å². The Morgan fingerprint density at radius 2 is 1.64 bits per heavy atom. The number of aliphatic hydroxyl groups is 1. The Bertz CT molecular complexity index is 1390. The Hall–Kier alpha value is -3.48. The van der Waals surface area contributed by atoms with Crippen molar-refractivity contribution < 1.29 is 23.2 Å². The van der Waals surface area contributed by atoms with Gasteiger partial charge in [-0.25, -0.2) is 4.39 Å². The van der Waals surface area contributed by atoms with E-state index in [0.717, 1.165) is 65.0 Å². The number of quaternary nitrogens is 1. The number of fused-ring (bicyclic) bond motifs is 6. The molecule has 0 saturated carbocycles. The van der Waals surface area contributed by atoms with E-state index in [2.05, 4.69) is 5.16 Å². The molecule has 1 aliphatic carbocycles. The maximum atomic E-state index is 13.7. The van der Waals surface area contributed by atoms with Crippen molar-refractivity contribution in [2.75, 3.05) is 19.6 Å². The van der Waals surface area contributed by atoms with Crippen molar-refractivity contribution in [3.8, 4) is 16.9 Å². The molecule has 1 atom stereocenters. The topological polar surface area (TPSA) is 55.5 Å². The first-order chi connectivity index (χ1) is 17.5. The summed E-state index contributed by atoms with van der Waals surface area (Å²) >= 11 is 0. The number of rotatable bonds is 5. The van der Waals surface area contributed by atoms with Crippen LogP contribution in [0, 0.1) is 11.7 Å². The lowest BCUT2D eigenvalue weighted by atomic mass is 9.83. The first-order valence-electron chi connectivity index (χ1n) is 12.7. The van der Waals surface area contributed by atoms with Gasteiger partial charge in [0, 0.05) is 42.0 Å². The van der Waals surface area contributed by atoms with Gasteiger partial charge >= 0.3 is 0 Å². The van der Waals surface area contributed by atoms with Gasteiger partial charge in [0.25, 0.3) is 0 Å². The predicted molar refractivity (Wildman–Crippen MR) is 133 cm³/mol. The second-order valence-electron chi connectivity index (χ2n) is 10.6. The summed E-state index contributed by atoms with van der Waals surface area (Å²) in [7, 11) is 0. The molecule has 4 heterocycles. The number of nitrogens with zero attached hydrogens (tertiary/aromatic N) is 2. The molecule has 3 aliphatic heterocycles. The minimum absolute atomic E-state index is 0.0504. The van der Waals surface area contributed by atoms with Crippen LogP contribution in [0.25, 0.3) is 11.1 Å². The van der Waals surface area contributed by atoms with Crippen LogP contribution in [0.2, 0.25) is 0 Å². The molecule has 3 saturated heterocycles. The highest BCUT2D eigenvalue weighted by Gasteiger charge is 2.49. The molecule has 0 amide bonds. The van der Waals surface area contributed by atoms with Crippen LogP contribution in [-0.2, 0) is 12.1 Å². The van der Waals surface area contributed by atoms with Gasteiger partial charge < -0.3 is 18.8 Å². The van der Waals surface area contributed by atoms with Crippen LogP contribution in [-0.4, -0.2) is 40.5 Å². The summed E-state index contributed by atoms with van der Waals surface area (Å²) in [6.45, 7) is 3.66. The third kappa shape index (κ3) is 3.32. The Kier molecular flexibility index (Phi) is 4.85. The number of aromatic nitrogens is 1. The number of hydrogen-bond acceptors (Lipinski definition) is 4. The summed E-state index contributed by atoms with van der Waals surface area (Å²) in [6, 6.07) is 24.3. The van der Waals surface area contributed by atoms with E-state index in [0.29, 0.717) is 23.9 Å². The van der Waals surface area contributed by atoms with Gasteiger partial charge in [-0.1, -0.05) is 59.8 Å². The summed E-state index contributed by atoms with van der Waals surface area (Å²) in [6.07, 6.45) is 2.20. The van der Waals surface area contributed by atoms with E-state index in [1.807, 2.05) is 60.7 Å². The molecule has 3 fully saturated rings. The van der Waals surface area contributed by atoms with E-state index in [-0.39, 0.29) is 11.9 Å². The van der Waals surface area contributed by atoms with Gasteiger partial charge in [-0.05, 0) is 23.3 Å². The third-order valence-electron chi connectivity index (χ3n) is 8.47. The molecule has 182 valence electrons. The van der Waals surface area contributed by atoms with Gasteiger partial charge in [-0.3, -0.25) is 0 Å². The highest BCUT2D eigenvalue weighted by atomic mass is 19.1. The van der Waals surface area contributed by atoms with E-state index in [9.17, 15) is 9.50 Å². The smallest absolute Gasteiger partial charge is 0.191 e. The number of piperidine rings is 3. The molecule has 5 nitrogen and oxygen atoms in total. The normalized spacial score (nSPS) is 25.4. The Morgan fingerprint density at radius 1 is 0.944 bits per heavy atom. The minimum Gasteiger partial charge on any atom is -0.484 e. The molecule has 4 aliphatic rings. The zero-order chi connectivity index (χ0) is 24.3. The van der Waals surface area contributed by atoms with E-state index in [1.165, 1.54) is 12.1 Å². The summed E-state index contributed by atoms with van der Waals surface area (Å²) in [5, 5.41) is 16.5. The van der Waals surface area contributed by atoms with E-state index >= 15 is 0 Å². The number of halogens is 1. The fourth-order valence-electron chi connectivity index (χ4n) is 6.67. The number of benzene rings is 3. The largest absolute Gasteiger partial charge is 0.484 e. The minimum atomic E-state index is -1.34. The molecule has 1 aromatic heterocycles. The van der Waals surface area contributed by atoms with Gasteiger partial charge in [0.2, 0.25) is 0 Å². The predicted octanol–water partition coefficient (Wildman–Crippen LogP) is 5.27. The van der Waals surface area contributed by atoms with Crippen LogP contribution in [0.5, 0.6) is 5.75 Å². The van der Waals surface area contributed by atoms with Crippen molar-refractivity contribution in [2.24, 2.45) is 5.92 Å². The molecule has 0 radical (unpaired) electrons. The van der Waals surface area contributed by atoms with Gasteiger partial charge in [0.1, 0.15) is 30.4 Å². The van der Waals surface area contributed by atoms with Gasteiger partial charge in [-0.15, -0.1) is 0 Å². The van der Waals surface area contributed by atoms with Gasteiger partial charge in [0.15, 0.2) is 17.5 Å². The molecule has 36 heavy (non-hydrogen) atoms. The highest BCUT2D eigenvalue weighted by molar-refractivity contribution is 5.81. The van der Waals surface area contributed by atoms with E-state index in [4.69, 9.17) is 9.26 Å².